The van der Waals surface area contributed by atoms with Crippen LogP contribution in [0.25, 0.3) is 11.0 Å². The summed E-state index contributed by atoms with van der Waals surface area (Å²) >= 11 is 0. The topological polar surface area (TPSA) is 88.8 Å². The molecular formula is C17H19N7O. The quantitative estimate of drug-likeness (QED) is 0.754. The van der Waals surface area contributed by atoms with Gasteiger partial charge in [-0.15, -0.1) is 0 Å². The molecule has 0 aromatic carbocycles. The van der Waals surface area contributed by atoms with E-state index in [1.807, 2.05) is 6.20 Å². The van der Waals surface area contributed by atoms with Crippen LogP contribution in [0.5, 0.6) is 0 Å². The molecule has 1 aliphatic heterocycles. The first-order chi connectivity index (χ1) is 12.3. The fourth-order valence-corrected chi connectivity index (χ4v) is 3.10. The standard InChI is InChI=1S/C17H19N7O/c25-17(13-4-3-5-18-10-13)19-6-9-24-16-14(11-22-24)15(20-12-21-16)23-7-1-2-8-23/h3-5,10-12H,1-2,6-9H2,(H,19,25). The maximum atomic E-state index is 12.1. The molecule has 8 nitrogen and oxygen atoms in total. The number of nitrogens with zero attached hydrogens (tertiary/aromatic N) is 6. The van der Waals surface area contributed by atoms with Gasteiger partial charge in [-0.3, -0.25) is 9.78 Å². The highest BCUT2D eigenvalue weighted by molar-refractivity contribution is 5.93. The molecule has 1 saturated heterocycles. The molecule has 3 aromatic heterocycles. The molecular weight excluding hydrogens is 318 g/mol. The van der Waals surface area contributed by atoms with E-state index in [2.05, 4.69) is 30.3 Å². The summed E-state index contributed by atoms with van der Waals surface area (Å²) in [7, 11) is 0. The van der Waals surface area contributed by atoms with E-state index < -0.39 is 0 Å². The first kappa shape index (κ1) is 15.5. The molecule has 0 bridgehead atoms. The molecule has 25 heavy (non-hydrogen) atoms. The Morgan fingerprint density at radius 3 is 2.88 bits per heavy atom. The summed E-state index contributed by atoms with van der Waals surface area (Å²) in [6.07, 6.45) is 8.98. The van der Waals surface area contributed by atoms with Crippen LogP contribution in [-0.2, 0) is 6.54 Å². The number of anilines is 1. The minimum absolute atomic E-state index is 0.142. The highest BCUT2D eigenvalue weighted by Crippen LogP contribution is 2.25. The summed E-state index contributed by atoms with van der Waals surface area (Å²) in [4.78, 5) is 27.1. The number of rotatable bonds is 5. The van der Waals surface area contributed by atoms with E-state index in [-0.39, 0.29) is 5.91 Å². The van der Waals surface area contributed by atoms with E-state index in [0.717, 1.165) is 29.9 Å². The average Bonchev–Trinajstić information content (AvgIpc) is 3.32. The van der Waals surface area contributed by atoms with Crippen LogP contribution in [-0.4, -0.2) is 50.3 Å². The van der Waals surface area contributed by atoms with Gasteiger partial charge in [-0.1, -0.05) is 0 Å². The zero-order valence-electron chi connectivity index (χ0n) is 13.8. The van der Waals surface area contributed by atoms with Gasteiger partial charge in [0.1, 0.15) is 12.1 Å². The van der Waals surface area contributed by atoms with Crippen LogP contribution in [0.3, 0.4) is 0 Å². The second kappa shape index (κ2) is 6.84. The summed E-state index contributed by atoms with van der Waals surface area (Å²) in [5, 5.41) is 8.26. The van der Waals surface area contributed by atoms with E-state index in [1.165, 1.54) is 12.8 Å². The Morgan fingerprint density at radius 2 is 2.08 bits per heavy atom. The average molecular weight is 337 g/mol. The summed E-state index contributed by atoms with van der Waals surface area (Å²) in [5.74, 6) is 0.810. The molecule has 1 fully saturated rings. The molecule has 0 aliphatic carbocycles. The van der Waals surface area contributed by atoms with E-state index in [0.29, 0.717) is 18.7 Å². The number of amides is 1. The van der Waals surface area contributed by atoms with Gasteiger partial charge in [-0.05, 0) is 25.0 Å². The van der Waals surface area contributed by atoms with Gasteiger partial charge in [0, 0.05) is 32.0 Å². The lowest BCUT2D eigenvalue weighted by Crippen LogP contribution is -2.27. The number of hydrogen-bond donors (Lipinski definition) is 1. The predicted molar refractivity (Wildman–Crippen MR) is 93.3 cm³/mol. The minimum atomic E-state index is -0.142. The van der Waals surface area contributed by atoms with Crippen LogP contribution in [0.2, 0.25) is 0 Å². The second-order valence-corrected chi connectivity index (χ2v) is 5.99. The highest BCUT2D eigenvalue weighted by atomic mass is 16.1. The molecule has 0 saturated carbocycles. The van der Waals surface area contributed by atoms with Crippen molar-refractivity contribution in [3.63, 3.8) is 0 Å². The molecule has 1 N–H and O–H groups in total. The van der Waals surface area contributed by atoms with Gasteiger partial charge in [-0.2, -0.15) is 5.10 Å². The van der Waals surface area contributed by atoms with Gasteiger partial charge in [0.15, 0.2) is 5.65 Å². The van der Waals surface area contributed by atoms with Crippen molar-refractivity contribution in [3.05, 3.63) is 42.6 Å². The molecule has 1 aliphatic rings. The number of carbonyl (C=O) groups excluding carboxylic acids is 1. The first-order valence-electron chi connectivity index (χ1n) is 8.42. The van der Waals surface area contributed by atoms with Crippen LogP contribution in [0.15, 0.2) is 37.1 Å². The lowest BCUT2D eigenvalue weighted by atomic mass is 10.3. The third kappa shape index (κ3) is 3.15. The van der Waals surface area contributed by atoms with Gasteiger partial charge in [0.2, 0.25) is 0 Å². The van der Waals surface area contributed by atoms with Gasteiger partial charge in [-0.25, -0.2) is 14.6 Å². The third-order valence-electron chi connectivity index (χ3n) is 4.35. The Bertz CT molecular complexity index is 871. The molecule has 0 unspecified atom stereocenters. The van der Waals surface area contributed by atoms with E-state index in [4.69, 9.17) is 0 Å². The Morgan fingerprint density at radius 1 is 1.20 bits per heavy atom. The van der Waals surface area contributed by atoms with Crippen LogP contribution in [0, 0.1) is 0 Å². The monoisotopic (exact) mass is 337 g/mol. The number of pyridine rings is 1. The molecule has 0 spiro atoms. The van der Waals surface area contributed by atoms with E-state index in [1.54, 1.807) is 35.5 Å². The molecule has 0 radical (unpaired) electrons. The van der Waals surface area contributed by atoms with Crippen molar-refractivity contribution in [1.29, 1.82) is 0 Å². The van der Waals surface area contributed by atoms with E-state index in [9.17, 15) is 4.79 Å². The molecule has 1 amide bonds. The van der Waals surface area contributed by atoms with E-state index >= 15 is 0 Å². The maximum Gasteiger partial charge on any atom is 0.252 e. The largest absolute Gasteiger partial charge is 0.356 e. The van der Waals surface area contributed by atoms with Crippen LogP contribution in [0.1, 0.15) is 23.2 Å². The van der Waals surface area contributed by atoms with Gasteiger partial charge < -0.3 is 10.2 Å². The third-order valence-corrected chi connectivity index (χ3v) is 4.35. The number of fused-ring (bicyclic) bond motifs is 1. The normalized spacial score (nSPS) is 14.2. The van der Waals surface area contributed by atoms with Gasteiger partial charge in [0.05, 0.1) is 23.7 Å². The molecule has 0 atom stereocenters. The number of aromatic nitrogens is 5. The zero-order chi connectivity index (χ0) is 17.1. The summed E-state index contributed by atoms with van der Waals surface area (Å²) < 4.78 is 1.81. The smallest absolute Gasteiger partial charge is 0.252 e. The Hall–Kier alpha value is -3.03. The Balaban J connectivity index is 1.45. The van der Waals surface area contributed by atoms with Gasteiger partial charge in [0.25, 0.3) is 5.91 Å². The summed E-state index contributed by atoms with van der Waals surface area (Å²) in [6, 6.07) is 3.48. The van der Waals surface area contributed by atoms with Crippen molar-refractivity contribution in [2.24, 2.45) is 0 Å². The van der Waals surface area contributed by atoms with Crippen LogP contribution < -0.4 is 10.2 Å². The molecule has 4 heterocycles. The zero-order valence-corrected chi connectivity index (χ0v) is 13.8. The number of hydrogen-bond acceptors (Lipinski definition) is 6. The van der Waals surface area contributed by atoms with Gasteiger partial charge >= 0.3 is 0 Å². The molecule has 8 heteroatoms. The maximum absolute atomic E-state index is 12.1. The van der Waals surface area contributed by atoms with Crippen LogP contribution in [0.4, 0.5) is 5.82 Å². The number of nitrogens with one attached hydrogen (secondary N) is 1. The Kier molecular flexibility index (Phi) is 4.24. The van der Waals surface area contributed by atoms with Crippen molar-refractivity contribution >= 4 is 22.8 Å². The van der Waals surface area contributed by atoms with Crippen molar-refractivity contribution in [1.82, 2.24) is 30.0 Å². The number of carbonyl (C=O) groups is 1. The molecule has 4 rings (SSSR count). The van der Waals surface area contributed by atoms with Crippen molar-refractivity contribution in [3.8, 4) is 0 Å². The molecule has 3 aromatic rings. The lowest BCUT2D eigenvalue weighted by Gasteiger charge is -2.16. The fraction of sp³-hybridized carbons (Fsp3) is 0.353. The van der Waals surface area contributed by atoms with Crippen molar-refractivity contribution in [2.45, 2.75) is 19.4 Å². The Labute approximate surface area is 144 Å². The van der Waals surface area contributed by atoms with Crippen LogP contribution >= 0.6 is 0 Å². The molecule has 128 valence electrons. The first-order valence-corrected chi connectivity index (χ1v) is 8.42. The van der Waals surface area contributed by atoms with Crippen molar-refractivity contribution in [2.75, 3.05) is 24.5 Å². The fourth-order valence-electron chi connectivity index (χ4n) is 3.10. The second-order valence-electron chi connectivity index (χ2n) is 5.99. The minimum Gasteiger partial charge on any atom is -0.356 e. The lowest BCUT2D eigenvalue weighted by molar-refractivity contribution is 0.0951. The predicted octanol–water partition coefficient (Wildman–Crippen LogP) is 1.25. The SMILES string of the molecule is O=C(NCCn1ncc2c(N3CCCC3)ncnc21)c1cccnc1. The summed E-state index contributed by atoms with van der Waals surface area (Å²) in [5.41, 5.74) is 1.35. The van der Waals surface area contributed by atoms with Crippen molar-refractivity contribution < 1.29 is 4.79 Å². The highest BCUT2D eigenvalue weighted by Gasteiger charge is 2.18. The summed E-state index contributed by atoms with van der Waals surface area (Å²) in [6.45, 7) is 3.07.